The fraction of sp³-hybridized carbons (Fsp3) is 0.250. The van der Waals surface area contributed by atoms with Gasteiger partial charge in [-0.05, 0) is 50.2 Å². The molecular formula is C20H19F3N4O2. The number of benzene rings is 1. The minimum absolute atomic E-state index is 0.217. The number of nitrogens with zero attached hydrogens (tertiary/aromatic N) is 4. The van der Waals surface area contributed by atoms with E-state index in [0.29, 0.717) is 11.4 Å². The van der Waals surface area contributed by atoms with Gasteiger partial charge in [-0.15, -0.1) is 0 Å². The van der Waals surface area contributed by atoms with Crippen LogP contribution in [0.15, 0.2) is 55.0 Å². The predicted molar refractivity (Wildman–Crippen MR) is 101 cm³/mol. The number of aromatic nitrogens is 3. The van der Waals surface area contributed by atoms with E-state index in [2.05, 4.69) is 10.1 Å². The van der Waals surface area contributed by atoms with Crippen LogP contribution in [-0.2, 0) is 6.18 Å². The SMILES string of the molecule is CC(C)Oc1ccc(C(=O)N(C)c2cccnc2)cc1-n1ccc(C(F)(F)F)n1. The standard InChI is InChI=1S/C20H19F3N4O2/c1-13(2)29-17-7-6-14(19(28)26(3)15-5-4-9-24-12-15)11-16(17)27-10-8-18(25-27)20(21,22)23/h4-13H,1-3H3. The van der Waals surface area contributed by atoms with Gasteiger partial charge in [-0.3, -0.25) is 9.78 Å². The van der Waals surface area contributed by atoms with Crippen LogP contribution in [0.4, 0.5) is 18.9 Å². The molecule has 0 saturated heterocycles. The van der Waals surface area contributed by atoms with Gasteiger partial charge in [-0.2, -0.15) is 18.3 Å². The number of carbonyl (C=O) groups is 1. The summed E-state index contributed by atoms with van der Waals surface area (Å²) in [6.07, 6.45) is -0.472. The van der Waals surface area contributed by atoms with Crippen LogP contribution in [0.1, 0.15) is 29.9 Å². The Labute approximate surface area is 165 Å². The van der Waals surface area contributed by atoms with Gasteiger partial charge in [0.2, 0.25) is 0 Å². The average molecular weight is 404 g/mol. The van der Waals surface area contributed by atoms with E-state index in [0.717, 1.165) is 10.7 Å². The van der Waals surface area contributed by atoms with E-state index < -0.39 is 11.9 Å². The van der Waals surface area contributed by atoms with Crippen LogP contribution in [0, 0.1) is 0 Å². The Morgan fingerprint density at radius 1 is 1.21 bits per heavy atom. The number of anilines is 1. The first-order valence-corrected chi connectivity index (χ1v) is 8.79. The lowest BCUT2D eigenvalue weighted by Gasteiger charge is -2.19. The van der Waals surface area contributed by atoms with Crippen LogP contribution >= 0.6 is 0 Å². The summed E-state index contributed by atoms with van der Waals surface area (Å²) in [6.45, 7) is 3.59. The van der Waals surface area contributed by atoms with Crippen LogP contribution in [-0.4, -0.2) is 33.8 Å². The Kier molecular flexibility index (Phi) is 5.58. The van der Waals surface area contributed by atoms with Gasteiger partial charge in [0.25, 0.3) is 5.91 Å². The summed E-state index contributed by atoms with van der Waals surface area (Å²) >= 11 is 0. The van der Waals surface area contributed by atoms with Gasteiger partial charge in [-0.25, -0.2) is 4.68 Å². The first-order chi connectivity index (χ1) is 13.7. The van der Waals surface area contributed by atoms with Gasteiger partial charge in [-0.1, -0.05) is 0 Å². The summed E-state index contributed by atoms with van der Waals surface area (Å²) in [4.78, 5) is 18.3. The maximum absolute atomic E-state index is 13.0. The number of amides is 1. The average Bonchev–Trinajstić information content (AvgIpc) is 3.18. The Bertz CT molecular complexity index is 1000. The number of rotatable bonds is 5. The maximum Gasteiger partial charge on any atom is 0.435 e. The number of ether oxygens (including phenoxy) is 1. The molecule has 0 unspecified atom stereocenters. The van der Waals surface area contributed by atoms with Crippen molar-refractivity contribution in [2.24, 2.45) is 0 Å². The van der Waals surface area contributed by atoms with Crippen molar-refractivity contribution in [1.82, 2.24) is 14.8 Å². The monoisotopic (exact) mass is 404 g/mol. The van der Waals surface area contributed by atoms with Gasteiger partial charge in [0.15, 0.2) is 5.69 Å². The summed E-state index contributed by atoms with van der Waals surface area (Å²) in [5.41, 5.74) is 0.0587. The lowest BCUT2D eigenvalue weighted by Crippen LogP contribution is -2.26. The van der Waals surface area contributed by atoms with Crippen LogP contribution in [0.2, 0.25) is 0 Å². The highest BCUT2D eigenvalue weighted by Gasteiger charge is 2.34. The van der Waals surface area contributed by atoms with E-state index in [-0.39, 0.29) is 23.3 Å². The minimum atomic E-state index is -4.57. The summed E-state index contributed by atoms with van der Waals surface area (Å²) in [5, 5.41) is 3.60. The largest absolute Gasteiger partial charge is 0.489 e. The molecule has 0 atom stereocenters. The number of hydrogen-bond acceptors (Lipinski definition) is 4. The molecule has 1 aromatic carbocycles. The van der Waals surface area contributed by atoms with Gasteiger partial charge in [0.1, 0.15) is 11.4 Å². The number of halogens is 3. The van der Waals surface area contributed by atoms with E-state index in [1.54, 1.807) is 51.4 Å². The fourth-order valence-corrected chi connectivity index (χ4v) is 2.66. The molecule has 0 fully saturated rings. The second-order valence-corrected chi connectivity index (χ2v) is 6.57. The van der Waals surface area contributed by atoms with Crippen molar-refractivity contribution in [3.05, 3.63) is 66.2 Å². The van der Waals surface area contributed by atoms with Crippen LogP contribution < -0.4 is 9.64 Å². The lowest BCUT2D eigenvalue weighted by atomic mass is 10.1. The quantitative estimate of drug-likeness (QED) is 0.634. The molecular weight excluding hydrogens is 385 g/mol. The summed E-state index contributed by atoms with van der Waals surface area (Å²) in [6, 6.07) is 8.87. The van der Waals surface area contributed by atoms with E-state index in [9.17, 15) is 18.0 Å². The molecule has 9 heteroatoms. The van der Waals surface area contributed by atoms with Crippen molar-refractivity contribution >= 4 is 11.6 Å². The Morgan fingerprint density at radius 3 is 2.55 bits per heavy atom. The molecule has 29 heavy (non-hydrogen) atoms. The Morgan fingerprint density at radius 2 is 1.97 bits per heavy atom. The first kappa shape index (κ1) is 20.4. The molecule has 0 aliphatic carbocycles. The third-order valence-corrected chi connectivity index (χ3v) is 4.03. The Balaban J connectivity index is 2.02. The highest BCUT2D eigenvalue weighted by atomic mass is 19.4. The van der Waals surface area contributed by atoms with E-state index in [1.165, 1.54) is 23.4 Å². The van der Waals surface area contributed by atoms with Crippen molar-refractivity contribution in [1.29, 1.82) is 0 Å². The van der Waals surface area contributed by atoms with E-state index in [4.69, 9.17) is 4.74 Å². The maximum atomic E-state index is 13.0. The topological polar surface area (TPSA) is 60.2 Å². The number of hydrogen-bond donors (Lipinski definition) is 0. The first-order valence-electron chi connectivity index (χ1n) is 8.79. The normalized spacial score (nSPS) is 11.6. The van der Waals surface area contributed by atoms with Gasteiger partial charge in [0, 0.05) is 25.0 Å². The lowest BCUT2D eigenvalue weighted by molar-refractivity contribution is -0.141. The third-order valence-electron chi connectivity index (χ3n) is 4.03. The van der Waals surface area contributed by atoms with Gasteiger partial charge >= 0.3 is 6.18 Å². The number of carbonyl (C=O) groups excluding carboxylic acids is 1. The molecule has 0 spiro atoms. The van der Waals surface area contributed by atoms with Crippen molar-refractivity contribution < 1.29 is 22.7 Å². The molecule has 2 heterocycles. The third kappa shape index (κ3) is 4.56. The second-order valence-electron chi connectivity index (χ2n) is 6.57. The van der Waals surface area contributed by atoms with Crippen molar-refractivity contribution in [3.63, 3.8) is 0 Å². The molecule has 0 saturated carbocycles. The van der Waals surface area contributed by atoms with Gasteiger partial charge < -0.3 is 9.64 Å². The zero-order valence-electron chi connectivity index (χ0n) is 16.0. The van der Waals surface area contributed by atoms with E-state index in [1.807, 2.05) is 0 Å². The minimum Gasteiger partial charge on any atom is -0.489 e. The fourth-order valence-electron chi connectivity index (χ4n) is 2.66. The summed E-state index contributed by atoms with van der Waals surface area (Å²) in [5.74, 6) is -0.0315. The number of alkyl halides is 3. The smallest absolute Gasteiger partial charge is 0.435 e. The van der Waals surface area contributed by atoms with Gasteiger partial charge in [0.05, 0.1) is 18.0 Å². The van der Waals surface area contributed by atoms with E-state index >= 15 is 0 Å². The second kappa shape index (κ2) is 7.94. The van der Waals surface area contributed by atoms with Crippen molar-refractivity contribution in [3.8, 4) is 11.4 Å². The van der Waals surface area contributed by atoms with Crippen LogP contribution in [0.5, 0.6) is 5.75 Å². The number of pyridine rings is 1. The van der Waals surface area contributed by atoms with Crippen LogP contribution in [0.3, 0.4) is 0 Å². The molecule has 0 N–H and O–H groups in total. The zero-order chi connectivity index (χ0) is 21.2. The van der Waals surface area contributed by atoms with Crippen molar-refractivity contribution in [2.45, 2.75) is 26.1 Å². The van der Waals surface area contributed by atoms with Crippen LogP contribution in [0.25, 0.3) is 5.69 Å². The predicted octanol–water partition coefficient (Wildman–Crippen LogP) is 4.35. The highest BCUT2D eigenvalue weighted by Crippen LogP contribution is 2.31. The molecule has 6 nitrogen and oxygen atoms in total. The highest BCUT2D eigenvalue weighted by molar-refractivity contribution is 6.06. The molecule has 152 valence electrons. The molecule has 1 amide bonds. The Hall–Kier alpha value is -3.36. The molecule has 2 aromatic heterocycles. The molecule has 3 aromatic rings. The molecule has 3 rings (SSSR count). The zero-order valence-corrected chi connectivity index (χ0v) is 16.0. The molecule has 0 aliphatic heterocycles. The molecule has 0 radical (unpaired) electrons. The summed E-state index contributed by atoms with van der Waals surface area (Å²) in [7, 11) is 1.59. The van der Waals surface area contributed by atoms with Crippen molar-refractivity contribution in [2.75, 3.05) is 11.9 Å². The molecule has 0 bridgehead atoms. The summed E-state index contributed by atoms with van der Waals surface area (Å²) < 4.78 is 45.6. The molecule has 0 aliphatic rings.